The molecule has 0 aliphatic carbocycles. The number of aliphatic hydroxyl groups is 1. The van der Waals surface area contributed by atoms with Gasteiger partial charge in [-0.05, 0) is 37.9 Å². The van der Waals surface area contributed by atoms with E-state index >= 15 is 0 Å². The summed E-state index contributed by atoms with van der Waals surface area (Å²) < 4.78 is 10.7. The molecule has 1 aromatic rings. The van der Waals surface area contributed by atoms with Crippen molar-refractivity contribution in [2.24, 2.45) is 5.92 Å². The van der Waals surface area contributed by atoms with Gasteiger partial charge in [-0.2, -0.15) is 0 Å². The lowest BCUT2D eigenvalue weighted by Crippen LogP contribution is -2.37. The monoisotopic (exact) mass is 344 g/mol. The summed E-state index contributed by atoms with van der Waals surface area (Å²) in [6, 6.07) is 5.92. The summed E-state index contributed by atoms with van der Waals surface area (Å²) in [5.74, 6) is 2.34. The van der Waals surface area contributed by atoms with Gasteiger partial charge >= 0.3 is 0 Å². The summed E-state index contributed by atoms with van der Waals surface area (Å²) in [6.07, 6.45) is 2.42. The third-order valence-corrected chi connectivity index (χ3v) is 4.28. The van der Waals surface area contributed by atoms with Gasteiger partial charge in [0.05, 0.1) is 20.8 Å². The second kappa shape index (κ2) is 10.7. The van der Waals surface area contributed by atoms with Crippen molar-refractivity contribution in [3.63, 3.8) is 0 Å². The number of methoxy groups -OCH3 is 2. The molecule has 132 valence electrons. The molecule has 1 fully saturated rings. The molecule has 23 heavy (non-hydrogen) atoms. The molecular weight excluding hydrogens is 316 g/mol. The van der Waals surface area contributed by atoms with Crippen molar-refractivity contribution >= 4 is 12.4 Å². The average Bonchev–Trinajstić information content (AvgIpc) is 2.56. The lowest BCUT2D eigenvalue weighted by Gasteiger charge is -2.30. The fourth-order valence-corrected chi connectivity index (χ4v) is 3.03. The maximum atomic E-state index is 9.35. The number of halogens is 1. The van der Waals surface area contributed by atoms with E-state index in [2.05, 4.69) is 10.2 Å². The maximum absolute atomic E-state index is 9.35. The number of aliphatic hydroxyl groups excluding tert-OH is 1. The lowest BCUT2D eigenvalue weighted by molar-refractivity contribution is 0.156. The third kappa shape index (κ3) is 6.18. The van der Waals surface area contributed by atoms with E-state index in [0.29, 0.717) is 12.5 Å². The molecular formula is C17H29ClN2O3. The highest BCUT2D eigenvalue weighted by atomic mass is 35.5. The molecule has 1 heterocycles. The molecule has 0 spiro atoms. The van der Waals surface area contributed by atoms with Crippen molar-refractivity contribution in [1.82, 2.24) is 10.2 Å². The van der Waals surface area contributed by atoms with Crippen LogP contribution in [0.1, 0.15) is 18.4 Å². The van der Waals surface area contributed by atoms with Crippen LogP contribution in [0.15, 0.2) is 18.2 Å². The van der Waals surface area contributed by atoms with E-state index in [4.69, 9.17) is 9.47 Å². The smallest absolute Gasteiger partial charge is 0.127 e. The van der Waals surface area contributed by atoms with Crippen LogP contribution in [0.25, 0.3) is 0 Å². The Balaban J connectivity index is 0.00000264. The molecule has 0 unspecified atom stereocenters. The van der Waals surface area contributed by atoms with Gasteiger partial charge in [0.1, 0.15) is 11.5 Å². The molecule has 2 N–H and O–H groups in total. The molecule has 0 atom stereocenters. The minimum Gasteiger partial charge on any atom is -0.497 e. The number of ether oxygens (including phenoxy) is 2. The minimum absolute atomic E-state index is 0. The van der Waals surface area contributed by atoms with Crippen molar-refractivity contribution in [2.45, 2.75) is 19.4 Å². The van der Waals surface area contributed by atoms with Crippen LogP contribution in [0.4, 0.5) is 0 Å². The van der Waals surface area contributed by atoms with Gasteiger partial charge in [0.2, 0.25) is 0 Å². The Morgan fingerprint density at radius 2 is 1.96 bits per heavy atom. The molecule has 0 aromatic heterocycles. The first-order chi connectivity index (χ1) is 10.8. The van der Waals surface area contributed by atoms with E-state index in [0.717, 1.165) is 43.2 Å². The standard InChI is InChI=1S/C17H28N2O3.ClH/c1-21-16-4-3-15(17(11-16)22-2)13-19(9-10-20)12-14-5-7-18-8-6-14;/h3-4,11,14,18,20H,5-10,12-13H2,1-2H3;1H. The Morgan fingerprint density at radius 1 is 1.22 bits per heavy atom. The van der Waals surface area contributed by atoms with E-state index in [-0.39, 0.29) is 19.0 Å². The Bertz CT molecular complexity index is 453. The van der Waals surface area contributed by atoms with Gasteiger partial charge in [0.25, 0.3) is 0 Å². The normalized spacial score (nSPS) is 15.3. The summed E-state index contributed by atoms with van der Waals surface area (Å²) in [4.78, 5) is 2.32. The predicted octanol–water partition coefficient (Wildman–Crippen LogP) is 1.92. The average molecular weight is 345 g/mol. The summed E-state index contributed by atoms with van der Waals surface area (Å²) in [6.45, 7) is 4.89. The van der Waals surface area contributed by atoms with Gasteiger partial charge in [-0.3, -0.25) is 4.90 Å². The Morgan fingerprint density at radius 3 is 2.57 bits per heavy atom. The zero-order valence-corrected chi connectivity index (χ0v) is 14.9. The zero-order chi connectivity index (χ0) is 15.8. The number of nitrogens with one attached hydrogen (secondary N) is 1. The number of piperidine rings is 1. The van der Waals surface area contributed by atoms with Gasteiger partial charge < -0.3 is 19.9 Å². The SMILES string of the molecule is COc1ccc(CN(CCO)CC2CCNCC2)c(OC)c1.Cl. The number of rotatable bonds is 8. The second-order valence-corrected chi connectivity index (χ2v) is 5.83. The highest BCUT2D eigenvalue weighted by Crippen LogP contribution is 2.26. The van der Waals surface area contributed by atoms with E-state index < -0.39 is 0 Å². The van der Waals surface area contributed by atoms with Gasteiger partial charge in [0.15, 0.2) is 0 Å². The highest BCUT2D eigenvalue weighted by molar-refractivity contribution is 5.85. The fourth-order valence-electron chi connectivity index (χ4n) is 3.03. The number of hydrogen-bond acceptors (Lipinski definition) is 5. The molecule has 1 aromatic carbocycles. The summed E-state index contributed by atoms with van der Waals surface area (Å²) in [5, 5.41) is 12.7. The molecule has 0 radical (unpaired) electrons. The molecule has 2 rings (SSSR count). The van der Waals surface area contributed by atoms with Crippen molar-refractivity contribution in [3.8, 4) is 11.5 Å². The Labute approximate surface area is 145 Å². The quantitative estimate of drug-likeness (QED) is 0.754. The van der Waals surface area contributed by atoms with Gasteiger partial charge in [0, 0.05) is 31.3 Å². The molecule has 0 amide bonds. The van der Waals surface area contributed by atoms with Gasteiger partial charge in [-0.1, -0.05) is 6.07 Å². The minimum atomic E-state index is 0. The maximum Gasteiger partial charge on any atom is 0.127 e. The van der Waals surface area contributed by atoms with Crippen molar-refractivity contribution in [2.75, 3.05) is 47.0 Å². The van der Waals surface area contributed by atoms with Crippen molar-refractivity contribution in [1.29, 1.82) is 0 Å². The molecule has 1 aliphatic heterocycles. The molecule has 0 bridgehead atoms. The van der Waals surface area contributed by atoms with E-state index in [1.165, 1.54) is 12.8 Å². The number of hydrogen-bond donors (Lipinski definition) is 2. The summed E-state index contributed by atoms with van der Waals surface area (Å²) >= 11 is 0. The fraction of sp³-hybridized carbons (Fsp3) is 0.647. The Hall–Kier alpha value is -1.01. The van der Waals surface area contributed by atoms with Crippen LogP contribution >= 0.6 is 12.4 Å². The van der Waals surface area contributed by atoms with Crippen LogP contribution in [0.3, 0.4) is 0 Å². The van der Waals surface area contributed by atoms with Crippen LogP contribution in [-0.2, 0) is 6.54 Å². The van der Waals surface area contributed by atoms with Crippen LogP contribution in [0.5, 0.6) is 11.5 Å². The molecule has 1 saturated heterocycles. The molecule has 1 aliphatic rings. The van der Waals surface area contributed by atoms with Crippen LogP contribution in [-0.4, -0.2) is 57.0 Å². The Kier molecular flexibility index (Phi) is 9.33. The molecule has 5 nitrogen and oxygen atoms in total. The zero-order valence-electron chi connectivity index (χ0n) is 14.1. The number of nitrogens with zero attached hydrogens (tertiary/aromatic N) is 1. The first-order valence-electron chi connectivity index (χ1n) is 8.01. The van der Waals surface area contributed by atoms with Crippen LogP contribution in [0.2, 0.25) is 0 Å². The topological polar surface area (TPSA) is 54.0 Å². The molecule has 6 heteroatoms. The summed E-state index contributed by atoms with van der Waals surface area (Å²) in [5.41, 5.74) is 1.13. The first kappa shape index (κ1) is 20.0. The predicted molar refractivity (Wildman–Crippen MR) is 94.8 cm³/mol. The van der Waals surface area contributed by atoms with E-state index in [9.17, 15) is 5.11 Å². The summed E-state index contributed by atoms with van der Waals surface area (Å²) in [7, 11) is 3.34. The van der Waals surface area contributed by atoms with E-state index in [1.54, 1.807) is 14.2 Å². The van der Waals surface area contributed by atoms with Crippen LogP contribution in [0, 0.1) is 5.92 Å². The largest absolute Gasteiger partial charge is 0.497 e. The molecule has 0 saturated carbocycles. The van der Waals surface area contributed by atoms with Crippen LogP contribution < -0.4 is 14.8 Å². The highest BCUT2D eigenvalue weighted by Gasteiger charge is 2.18. The first-order valence-corrected chi connectivity index (χ1v) is 8.01. The van der Waals surface area contributed by atoms with E-state index in [1.807, 2.05) is 18.2 Å². The second-order valence-electron chi connectivity index (χ2n) is 5.83. The van der Waals surface area contributed by atoms with Crippen molar-refractivity contribution < 1.29 is 14.6 Å². The number of benzene rings is 1. The van der Waals surface area contributed by atoms with Gasteiger partial charge in [-0.25, -0.2) is 0 Å². The van der Waals surface area contributed by atoms with Gasteiger partial charge in [-0.15, -0.1) is 12.4 Å². The van der Waals surface area contributed by atoms with Crippen molar-refractivity contribution in [3.05, 3.63) is 23.8 Å². The third-order valence-electron chi connectivity index (χ3n) is 4.28. The lowest BCUT2D eigenvalue weighted by atomic mass is 9.97.